The van der Waals surface area contributed by atoms with Crippen molar-refractivity contribution >= 4 is 23.5 Å². The Balaban J connectivity index is 2.21. The molecule has 6 nitrogen and oxygen atoms in total. The van der Waals surface area contributed by atoms with Crippen LogP contribution >= 0.6 is 11.6 Å². The number of nitrogens with zero attached hydrogens (tertiary/aromatic N) is 3. The second-order valence-corrected chi connectivity index (χ2v) is 6.27. The molecule has 2 aromatic rings. The van der Waals surface area contributed by atoms with Gasteiger partial charge in [0.05, 0.1) is 24.2 Å². The van der Waals surface area contributed by atoms with Gasteiger partial charge in [-0.3, -0.25) is 9.59 Å². The fraction of sp³-hybridized carbons (Fsp3) is 0.389. The van der Waals surface area contributed by atoms with Crippen LogP contribution in [0.2, 0.25) is 5.02 Å². The summed E-state index contributed by atoms with van der Waals surface area (Å²) in [5.41, 5.74) is 3.42. The molecule has 0 unspecified atom stereocenters. The zero-order chi connectivity index (χ0) is 18.6. The van der Waals surface area contributed by atoms with Gasteiger partial charge in [0, 0.05) is 29.4 Å². The van der Waals surface area contributed by atoms with Crippen LogP contribution < -0.4 is 0 Å². The summed E-state index contributed by atoms with van der Waals surface area (Å²) in [7, 11) is 0. The van der Waals surface area contributed by atoms with Crippen LogP contribution in [0.4, 0.5) is 0 Å². The third-order valence-corrected chi connectivity index (χ3v) is 4.42. The molecule has 1 aromatic heterocycles. The average molecular weight is 364 g/mol. The number of aryl methyl sites for hydroxylation is 1. The standard InChI is InChI=1S/C18H22ClN3O3/c1-4-21(10-9-18(24)25)17(23)11-16-12(2)20-22(13(16)3)15-7-5-14(19)6-8-15/h5-8H,4,9-11H2,1-3H3,(H,24,25). The molecular weight excluding hydrogens is 342 g/mol. The SMILES string of the molecule is CCN(CCC(=O)O)C(=O)Cc1c(C)nn(-c2ccc(Cl)cc2)c1C. The molecule has 1 heterocycles. The van der Waals surface area contributed by atoms with Crippen LogP contribution in [0.15, 0.2) is 24.3 Å². The number of amides is 1. The van der Waals surface area contributed by atoms with Gasteiger partial charge in [-0.2, -0.15) is 5.10 Å². The van der Waals surface area contributed by atoms with Gasteiger partial charge >= 0.3 is 5.97 Å². The summed E-state index contributed by atoms with van der Waals surface area (Å²) >= 11 is 5.93. The van der Waals surface area contributed by atoms with E-state index in [0.717, 1.165) is 22.6 Å². The van der Waals surface area contributed by atoms with Gasteiger partial charge in [-0.15, -0.1) is 0 Å². The molecule has 0 radical (unpaired) electrons. The minimum Gasteiger partial charge on any atom is -0.481 e. The lowest BCUT2D eigenvalue weighted by molar-refractivity contribution is -0.138. The summed E-state index contributed by atoms with van der Waals surface area (Å²) in [4.78, 5) is 24.8. The van der Waals surface area contributed by atoms with E-state index < -0.39 is 5.97 Å². The lowest BCUT2D eigenvalue weighted by atomic mass is 10.1. The van der Waals surface area contributed by atoms with Crippen LogP contribution in [-0.2, 0) is 16.0 Å². The minimum atomic E-state index is -0.908. The monoisotopic (exact) mass is 363 g/mol. The van der Waals surface area contributed by atoms with E-state index in [2.05, 4.69) is 5.10 Å². The molecule has 1 aromatic carbocycles. The Hall–Kier alpha value is -2.34. The molecule has 7 heteroatoms. The van der Waals surface area contributed by atoms with Crippen molar-refractivity contribution in [3.8, 4) is 5.69 Å². The van der Waals surface area contributed by atoms with E-state index in [9.17, 15) is 9.59 Å². The number of halogens is 1. The van der Waals surface area contributed by atoms with Gasteiger partial charge in [0.15, 0.2) is 0 Å². The molecule has 134 valence electrons. The van der Waals surface area contributed by atoms with Crippen LogP contribution in [0.25, 0.3) is 5.69 Å². The van der Waals surface area contributed by atoms with Gasteiger partial charge in [0.2, 0.25) is 5.91 Å². The highest BCUT2D eigenvalue weighted by molar-refractivity contribution is 6.30. The molecule has 0 atom stereocenters. The van der Waals surface area contributed by atoms with Crippen LogP contribution in [0.3, 0.4) is 0 Å². The molecule has 1 N–H and O–H groups in total. The maximum absolute atomic E-state index is 12.5. The first kappa shape index (κ1) is 19.0. The molecule has 0 aliphatic heterocycles. The van der Waals surface area contributed by atoms with Crippen molar-refractivity contribution in [3.05, 3.63) is 46.2 Å². The predicted molar refractivity (Wildman–Crippen MR) is 96.3 cm³/mol. The number of carboxylic acid groups (broad SMARTS) is 1. The highest BCUT2D eigenvalue weighted by atomic mass is 35.5. The highest BCUT2D eigenvalue weighted by Crippen LogP contribution is 2.20. The van der Waals surface area contributed by atoms with Crippen LogP contribution in [0, 0.1) is 13.8 Å². The molecule has 2 rings (SSSR count). The molecule has 0 aliphatic carbocycles. The van der Waals surface area contributed by atoms with E-state index in [-0.39, 0.29) is 25.3 Å². The number of likely N-dealkylation sites (N-methyl/N-ethyl adjacent to an activating group) is 1. The normalized spacial score (nSPS) is 10.7. The lowest BCUT2D eigenvalue weighted by Crippen LogP contribution is -2.34. The van der Waals surface area contributed by atoms with E-state index in [1.54, 1.807) is 21.7 Å². The summed E-state index contributed by atoms with van der Waals surface area (Å²) in [6, 6.07) is 7.34. The molecule has 0 aliphatic rings. The minimum absolute atomic E-state index is 0.0540. The van der Waals surface area contributed by atoms with Crippen molar-refractivity contribution in [2.45, 2.75) is 33.6 Å². The van der Waals surface area contributed by atoms with E-state index in [1.807, 2.05) is 32.9 Å². The summed E-state index contributed by atoms with van der Waals surface area (Å²) in [6.45, 7) is 6.33. The van der Waals surface area contributed by atoms with E-state index >= 15 is 0 Å². The highest BCUT2D eigenvalue weighted by Gasteiger charge is 2.19. The Kier molecular flexibility index (Phi) is 6.20. The Labute approximate surface area is 152 Å². The quantitative estimate of drug-likeness (QED) is 0.820. The third kappa shape index (κ3) is 4.60. The number of carbonyl (C=O) groups is 2. The first-order valence-electron chi connectivity index (χ1n) is 8.14. The van der Waals surface area contributed by atoms with Gasteiger partial charge in [-0.05, 0) is 45.0 Å². The Morgan fingerprint density at radius 3 is 2.44 bits per heavy atom. The summed E-state index contributed by atoms with van der Waals surface area (Å²) in [5.74, 6) is -1.00. The second-order valence-electron chi connectivity index (χ2n) is 5.83. The molecule has 0 saturated carbocycles. The van der Waals surface area contributed by atoms with Gasteiger partial charge in [-0.1, -0.05) is 11.6 Å². The molecule has 0 bridgehead atoms. The summed E-state index contributed by atoms with van der Waals surface area (Å²) in [5, 5.41) is 14.0. The average Bonchev–Trinajstić information content (AvgIpc) is 2.84. The van der Waals surface area contributed by atoms with Gasteiger partial charge < -0.3 is 10.0 Å². The number of aliphatic carboxylic acids is 1. The summed E-state index contributed by atoms with van der Waals surface area (Å²) < 4.78 is 1.79. The van der Waals surface area contributed by atoms with Crippen LogP contribution in [0.1, 0.15) is 30.3 Å². The molecule has 0 saturated heterocycles. The molecule has 25 heavy (non-hydrogen) atoms. The smallest absolute Gasteiger partial charge is 0.305 e. The number of rotatable bonds is 7. The topological polar surface area (TPSA) is 75.4 Å². The Bertz CT molecular complexity index is 769. The molecular formula is C18H22ClN3O3. The van der Waals surface area contributed by atoms with Crippen molar-refractivity contribution < 1.29 is 14.7 Å². The molecule has 0 spiro atoms. The first-order chi connectivity index (χ1) is 11.8. The van der Waals surface area contributed by atoms with E-state index in [4.69, 9.17) is 16.7 Å². The largest absolute Gasteiger partial charge is 0.481 e. The number of hydrogen-bond donors (Lipinski definition) is 1. The number of aromatic nitrogens is 2. The van der Waals surface area contributed by atoms with Gasteiger partial charge in [0.25, 0.3) is 0 Å². The maximum atomic E-state index is 12.5. The molecule has 0 fully saturated rings. The van der Waals surface area contributed by atoms with Crippen molar-refractivity contribution in [2.24, 2.45) is 0 Å². The van der Waals surface area contributed by atoms with E-state index in [0.29, 0.717) is 11.6 Å². The van der Waals surface area contributed by atoms with Crippen molar-refractivity contribution in [1.29, 1.82) is 0 Å². The molecule has 1 amide bonds. The van der Waals surface area contributed by atoms with Crippen molar-refractivity contribution in [2.75, 3.05) is 13.1 Å². The van der Waals surface area contributed by atoms with E-state index in [1.165, 1.54) is 0 Å². The summed E-state index contributed by atoms with van der Waals surface area (Å²) in [6.07, 6.45) is 0.153. The lowest BCUT2D eigenvalue weighted by Gasteiger charge is -2.20. The Morgan fingerprint density at radius 2 is 1.88 bits per heavy atom. The fourth-order valence-electron chi connectivity index (χ4n) is 2.72. The van der Waals surface area contributed by atoms with Crippen molar-refractivity contribution in [3.63, 3.8) is 0 Å². The fourth-order valence-corrected chi connectivity index (χ4v) is 2.84. The number of carboxylic acids is 1. The number of hydrogen-bond acceptors (Lipinski definition) is 3. The predicted octanol–water partition coefficient (Wildman–Crippen LogP) is 3.01. The Morgan fingerprint density at radius 1 is 1.24 bits per heavy atom. The van der Waals surface area contributed by atoms with Crippen molar-refractivity contribution in [1.82, 2.24) is 14.7 Å². The van der Waals surface area contributed by atoms with Crippen LogP contribution in [0.5, 0.6) is 0 Å². The number of carbonyl (C=O) groups excluding carboxylic acids is 1. The zero-order valence-electron chi connectivity index (χ0n) is 14.6. The number of benzene rings is 1. The van der Waals surface area contributed by atoms with Gasteiger partial charge in [0.1, 0.15) is 0 Å². The first-order valence-corrected chi connectivity index (χ1v) is 8.51. The van der Waals surface area contributed by atoms with Gasteiger partial charge in [-0.25, -0.2) is 4.68 Å². The third-order valence-electron chi connectivity index (χ3n) is 4.17. The maximum Gasteiger partial charge on any atom is 0.305 e. The van der Waals surface area contributed by atoms with Crippen LogP contribution in [-0.4, -0.2) is 44.8 Å². The second kappa shape index (κ2) is 8.16. The zero-order valence-corrected chi connectivity index (χ0v) is 15.4.